The monoisotopic (exact) mass is 518 g/mol. The summed E-state index contributed by atoms with van der Waals surface area (Å²) in [6.45, 7) is 9.79. The molecule has 0 spiro atoms. The van der Waals surface area contributed by atoms with Crippen LogP contribution < -0.4 is 4.74 Å². The van der Waals surface area contributed by atoms with E-state index < -0.39 is 17.7 Å². The fraction of sp³-hybridized carbons (Fsp3) is 0.433. The number of carbonyl (C=O) groups excluding carboxylic acids is 2. The topological polar surface area (TPSA) is 87.4 Å². The molecule has 1 aliphatic rings. The molecule has 0 bridgehead atoms. The minimum absolute atomic E-state index is 0.0587. The van der Waals surface area contributed by atoms with Crippen molar-refractivity contribution in [3.05, 3.63) is 70.7 Å². The van der Waals surface area contributed by atoms with Crippen molar-refractivity contribution in [1.29, 1.82) is 0 Å². The number of ether oxygens (including phenoxy) is 1. The van der Waals surface area contributed by atoms with Crippen LogP contribution in [-0.4, -0.2) is 69.8 Å². The zero-order chi connectivity index (χ0) is 27.6. The summed E-state index contributed by atoms with van der Waals surface area (Å²) in [6, 6.07) is 10.6. The van der Waals surface area contributed by atoms with Gasteiger partial charge in [-0.1, -0.05) is 32.0 Å². The fourth-order valence-corrected chi connectivity index (χ4v) is 4.88. The average Bonchev–Trinajstić information content (AvgIpc) is 3.34. The highest BCUT2D eigenvalue weighted by Crippen LogP contribution is 2.40. The summed E-state index contributed by atoms with van der Waals surface area (Å²) in [5.74, 6) is -0.383. The molecule has 1 aliphatic heterocycles. The average molecular weight is 519 g/mol. The second-order valence-corrected chi connectivity index (χ2v) is 10.7. The van der Waals surface area contributed by atoms with Gasteiger partial charge in [0, 0.05) is 12.7 Å². The van der Waals surface area contributed by atoms with E-state index in [1.54, 1.807) is 4.90 Å². The largest absolute Gasteiger partial charge is 0.505 e. The Bertz CT molecular complexity index is 1370. The van der Waals surface area contributed by atoms with E-state index in [2.05, 4.69) is 18.8 Å². The van der Waals surface area contributed by atoms with Crippen LogP contribution in [0.15, 0.2) is 48.2 Å². The van der Waals surface area contributed by atoms with Gasteiger partial charge < -0.3 is 24.0 Å². The summed E-state index contributed by atoms with van der Waals surface area (Å²) >= 11 is 0. The molecule has 0 saturated carbocycles. The number of carbonyl (C=O) groups is 2. The molecule has 8 nitrogen and oxygen atoms in total. The molecule has 1 saturated heterocycles. The first-order valence-corrected chi connectivity index (χ1v) is 13.2. The zero-order valence-electron chi connectivity index (χ0n) is 23.2. The van der Waals surface area contributed by atoms with Crippen LogP contribution >= 0.6 is 0 Å². The second kappa shape index (κ2) is 11.4. The maximum atomic E-state index is 13.5. The molecule has 4 rings (SSSR count). The Morgan fingerprint density at radius 3 is 2.61 bits per heavy atom. The molecule has 2 aromatic heterocycles. The van der Waals surface area contributed by atoms with Crippen LogP contribution in [0.25, 0.3) is 11.4 Å². The van der Waals surface area contributed by atoms with Gasteiger partial charge in [-0.2, -0.15) is 0 Å². The van der Waals surface area contributed by atoms with Gasteiger partial charge >= 0.3 is 0 Å². The standard InChI is InChI=1S/C30H38N4O4/c1-19(2)13-17-38-23-12-7-11-22(18-23)26-24(28(36)30(37)34(26)16-9-14-32(5)6)27(35)25-21(4)33-15-8-10-20(3)29(33)31-25/h7-8,10-12,15,18-19,26,35H,9,13-14,16-17H2,1-6H3. The van der Waals surface area contributed by atoms with Crippen molar-refractivity contribution >= 4 is 23.1 Å². The van der Waals surface area contributed by atoms with E-state index in [4.69, 9.17) is 4.74 Å². The van der Waals surface area contributed by atoms with Crippen molar-refractivity contribution in [3.63, 3.8) is 0 Å². The number of amides is 1. The molecular formula is C30H38N4O4. The molecule has 1 amide bonds. The summed E-state index contributed by atoms with van der Waals surface area (Å²) < 4.78 is 7.87. The lowest BCUT2D eigenvalue weighted by molar-refractivity contribution is -0.139. The summed E-state index contributed by atoms with van der Waals surface area (Å²) in [5, 5.41) is 11.6. The van der Waals surface area contributed by atoms with Gasteiger partial charge in [-0.05, 0) is 82.6 Å². The van der Waals surface area contributed by atoms with Crippen molar-refractivity contribution in [3.8, 4) is 5.75 Å². The molecule has 1 aromatic carbocycles. The lowest BCUT2D eigenvalue weighted by Crippen LogP contribution is -2.32. The molecule has 1 unspecified atom stereocenters. The predicted octanol–water partition coefficient (Wildman–Crippen LogP) is 4.75. The number of rotatable bonds is 10. The molecule has 0 aliphatic carbocycles. The third-order valence-corrected chi connectivity index (χ3v) is 6.99. The number of nitrogens with zero attached hydrogens (tertiary/aromatic N) is 4. The number of hydrogen-bond acceptors (Lipinski definition) is 6. The normalized spacial score (nSPS) is 17.4. The molecule has 1 N–H and O–H groups in total. The second-order valence-electron chi connectivity index (χ2n) is 10.7. The Morgan fingerprint density at radius 2 is 1.92 bits per heavy atom. The quantitative estimate of drug-likeness (QED) is 0.237. The molecule has 8 heteroatoms. The molecule has 3 aromatic rings. The zero-order valence-corrected chi connectivity index (χ0v) is 23.2. The van der Waals surface area contributed by atoms with Gasteiger partial charge in [0.25, 0.3) is 11.7 Å². The number of fused-ring (bicyclic) bond motifs is 1. The smallest absolute Gasteiger partial charge is 0.295 e. The van der Waals surface area contributed by atoms with Gasteiger partial charge in [0.05, 0.1) is 23.9 Å². The Hall–Kier alpha value is -3.65. The first kappa shape index (κ1) is 27.4. The minimum Gasteiger partial charge on any atom is -0.505 e. The summed E-state index contributed by atoms with van der Waals surface area (Å²) in [7, 11) is 3.94. The van der Waals surface area contributed by atoms with Crippen LogP contribution in [-0.2, 0) is 9.59 Å². The highest BCUT2D eigenvalue weighted by atomic mass is 16.5. The van der Waals surface area contributed by atoms with Gasteiger partial charge in [-0.15, -0.1) is 0 Å². The summed E-state index contributed by atoms with van der Waals surface area (Å²) in [5.41, 5.74) is 3.42. The van der Waals surface area contributed by atoms with Crippen molar-refractivity contribution in [1.82, 2.24) is 19.2 Å². The van der Waals surface area contributed by atoms with E-state index in [0.717, 1.165) is 24.1 Å². The molecule has 1 fully saturated rings. The van der Waals surface area contributed by atoms with Crippen LogP contribution in [0.3, 0.4) is 0 Å². The number of pyridine rings is 1. The number of ketones is 1. The van der Waals surface area contributed by atoms with Crippen LogP contribution in [0.1, 0.15) is 55.2 Å². The number of aliphatic hydroxyl groups is 1. The molecule has 1 atom stereocenters. The number of imidazole rings is 1. The van der Waals surface area contributed by atoms with Gasteiger partial charge in [-0.3, -0.25) is 9.59 Å². The van der Waals surface area contributed by atoms with Gasteiger partial charge in [0.2, 0.25) is 0 Å². The first-order valence-electron chi connectivity index (χ1n) is 13.2. The molecule has 38 heavy (non-hydrogen) atoms. The van der Waals surface area contributed by atoms with Gasteiger partial charge in [-0.25, -0.2) is 4.98 Å². The maximum absolute atomic E-state index is 13.5. The van der Waals surface area contributed by atoms with Crippen molar-refractivity contribution in [2.75, 3.05) is 33.8 Å². The van der Waals surface area contributed by atoms with E-state index in [-0.39, 0.29) is 11.3 Å². The number of Topliss-reactive ketones (excluding diaryl/α,β-unsaturated/α-hetero) is 1. The van der Waals surface area contributed by atoms with E-state index in [1.165, 1.54) is 0 Å². The third-order valence-electron chi connectivity index (χ3n) is 6.99. The van der Waals surface area contributed by atoms with Crippen molar-refractivity contribution < 1.29 is 19.4 Å². The highest BCUT2D eigenvalue weighted by molar-refractivity contribution is 6.46. The molecule has 202 valence electrons. The Labute approximate surface area is 224 Å². The number of hydrogen-bond donors (Lipinski definition) is 1. The lowest BCUT2D eigenvalue weighted by atomic mass is 9.96. The van der Waals surface area contributed by atoms with E-state index in [0.29, 0.717) is 48.3 Å². The van der Waals surface area contributed by atoms with Crippen molar-refractivity contribution in [2.24, 2.45) is 5.92 Å². The van der Waals surface area contributed by atoms with Crippen LogP contribution in [0.4, 0.5) is 0 Å². The Balaban J connectivity index is 1.81. The Kier molecular flexibility index (Phi) is 8.21. The highest BCUT2D eigenvalue weighted by Gasteiger charge is 2.46. The maximum Gasteiger partial charge on any atom is 0.295 e. The SMILES string of the molecule is Cc1cccn2c(C)c(C(O)=C3C(=O)C(=O)N(CCCN(C)C)C3c3cccc(OCCC(C)C)c3)nc12. The molecule has 0 radical (unpaired) electrons. The van der Waals surface area contributed by atoms with Crippen LogP contribution in [0.5, 0.6) is 5.75 Å². The number of aliphatic hydroxyl groups excluding tert-OH is 1. The predicted molar refractivity (Wildman–Crippen MR) is 148 cm³/mol. The van der Waals surface area contributed by atoms with Gasteiger partial charge in [0.1, 0.15) is 17.1 Å². The number of likely N-dealkylation sites (tertiary alicyclic amines) is 1. The summed E-state index contributed by atoms with van der Waals surface area (Å²) in [4.78, 5) is 35.0. The summed E-state index contributed by atoms with van der Waals surface area (Å²) in [6.07, 6.45) is 3.48. The van der Waals surface area contributed by atoms with Gasteiger partial charge in [0.15, 0.2) is 5.76 Å². The van der Waals surface area contributed by atoms with E-state index in [1.807, 2.05) is 79.8 Å². The molecular weight excluding hydrogens is 480 g/mol. The lowest BCUT2D eigenvalue weighted by Gasteiger charge is -2.26. The number of benzene rings is 1. The minimum atomic E-state index is -0.740. The third kappa shape index (κ3) is 5.45. The Morgan fingerprint density at radius 1 is 1.16 bits per heavy atom. The van der Waals surface area contributed by atoms with E-state index >= 15 is 0 Å². The number of aromatic nitrogens is 2. The molecule has 3 heterocycles. The van der Waals surface area contributed by atoms with Crippen LogP contribution in [0.2, 0.25) is 0 Å². The first-order chi connectivity index (χ1) is 18.1. The fourth-order valence-electron chi connectivity index (χ4n) is 4.88. The number of aryl methyl sites for hydroxylation is 2. The van der Waals surface area contributed by atoms with Crippen LogP contribution in [0, 0.1) is 19.8 Å². The van der Waals surface area contributed by atoms with E-state index in [9.17, 15) is 14.7 Å². The van der Waals surface area contributed by atoms with Crippen molar-refractivity contribution in [2.45, 2.75) is 46.6 Å².